The maximum Gasteiger partial charge on any atom is 0.225 e. The molecule has 0 spiro atoms. The highest BCUT2D eigenvalue weighted by molar-refractivity contribution is 7.27. The Labute approximate surface area is 252 Å². The molecule has 198 valence electrons. The average molecular weight is 594 g/mol. The van der Waals surface area contributed by atoms with Crippen molar-refractivity contribution in [2.75, 3.05) is 0 Å². The first-order valence-corrected chi connectivity index (χ1v) is 16.1. The van der Waals surface area contributed by atoms with Gasteiger partial charge in [0.25, 0.3) is 0 Å². The lowest BCUT2D eigenvalue weighted by Gasteiger charge is -2.13. The quantitative estimate of drug-likeness (QED) is 0.177. The van der Waals surface area contributed by atoms with Gasteiger partial charge in [-0.05, 0) is 52.9 Å². The highest BCUT2D eigenvalue weighted by Gasteiger charge is 2.26. The van der Waals surface area contributed by atoms with Crippen LogP contribution >= 0.6 is 34.3 Å². The summed E-state index contributed by atoms with van der Waals surface area (Å²) in [6.45, 7) is 0. The number of thiophene rings is 2. The fourth-order valence-electron chi connectivity index (χ4n) is 7.11. The smallest absolute Gasteiger partial charge is 0.225 e. The van der Waals surface area contributed by atoms with Gasteiger partial charge in [0, 0.05) is 46.6 Å². The van der Waals surface area contributed by atoms with Crippen LogP contribution in [0.25, 0.3) is 85.6 Å². The molecule has 3 nitrogen and oxygen atoms in total. The standard InChI is InChI=1S/C36H20ClN3S2/c37-36-38-34(30-24-14-6-8-16-27(24)41-35(30)39-36)40-26-15-7-5-13-23(26)28-29-25-18-17-19-9-1-2-10-20(19)32(25)42-33(29)22-12-4-3-11-21(22)31(28)40/h1-5,7-13,15-18H,6,14H2. The van der Waals surface area contributed by atoms with Crippen LogP contribution < -0.4 is 0 Å². The van der Waals surface area contributed by atoms with Crippen LogP contribution in [0.5, 0.6) is 0 Å². The molecule has 0 saturated heterocycles. The van der Waals surface area contributed by atoms with E-state index in [0.717, 1.165) is 34.4 Å². The van der Waals surface area contributed by atoms with Gasteiger partial charge in [-0.15, -0.1) is 22.7 Å². The first-order chi connectivity index (χ1) is 20.8. The summed E-state index contributed by atoms with van der Waals surface area (Å²) >= 11 is 10.3. The average Bonchev–Trinajstić information content (AvgIpc) is 3.70. The molecule has 42 heavy (non-hydrogen) atoms. The van der Waals surface area contributed by atoms with E-state index in [0.29, 0.717) is 0 Å². The molecule has 0 N–H and O–H groups in total. The number of nitrogens with zero attached hydrogens (tertiary/aromatic N) is 3. The number of fused-ring (bicyclic) bond motifs is 15. The van der Waals surface area contributed by atoms with E-state index in [1.807, 2.05) is 11.3 Å². The van der Waals surface area contributed by atoms with Crippen molar-refractivity contribution in [3.05, 3.63) is 107 Å². The highest BCUT2D eigenvalue weighted by Crippen LogP contribution is 2.50. The van der Waals surface area contributed by atoms with Gasteiger partial charge in [0.1, 0.15) is 4.83 Å². The number of benzene rings is 5. The summed E-state index contributed by atoms with van der Waals surface area (Å²) in [5, 5.41) is 11.6. The summed E-state index contributed by atoms with van der Waals surface area (Å²) in [6.07, 6.45) is 6.48. The molecular formula is C36H20ClN3S2. The van der Waals surface area contributed by atoms with Crippen LogP contribution in [0.3, 0.4) is 0 Å². The molecule has 9 aromatic rings. The summed E-state index contributed by atoms with van der Waals surface area (Å²) in [7, 11) is 0. The largest absolute Gasteiger partial charge is 0.292 e. The van der Waals surface area contributed by atoms with Gasteiger partial charge in [0.05, 0.1) is 16.4 Å². The number of aryl methyl sites for hydroxylation is 1. The molecule has 1 aliphatic rings. The van der Waals surface area contributed by atoms with Crippen molar-refractivity contribution >= 4 is 114 Å². The van der Waals surface area contributed by atoms with Crippen molar-refractivity contribution in [2.45, 2.75) is 12.8 Å². The molecule has 1 aliphatic carbocycles. The van der Waals surface area contributed by atoms with Crippen molar-refractivity contribution in [1.29, 1.82) is 0 Å². The summed E-state index contributed by atoms with van der Waals surface area (Å²) in [4.78, 5) is 11.9. The molecule has 5 aromatic carbocycles. The molecule has 0 bridgehead atoms. The summed E-state index contributed by atoms with van der Waals surface area (Å²) < 4.78 is 5.04. The van der Waals surface area contributed by atoms with Crippen LogP contribution in [0.15, 0.2) is 91.0 Å². The van der Waals surface area contributed by atoms with Crippen molar-refractivity contribution in [3.8, 4) is 5.82 Å². The number of para-hydroxylation sites is 1. The van der Waals surface area contributed by atoms with E-state index < -0.39 is 0 Å². The van der Waals surface area contributed by atoms with Gasteiger partial charge in [-0.3, -0.25) is 4.57 Å². The first-order valence-electron chi connectivity index (χ1n) is 14.1. The van der Waals surface area contributed by atoms with E-state index in [2.05, 4.69) is 102 Å². The third-order valence-corrected chi connectivity index (χ3v) is 11.3. The van der Waals surface area contributed by atoms with Crippen LogP contribution in [0, 0.1) is 0 Å². The molecule has 6 heteroatoms. The molecule has 0 unspecified atom stereocenters. The highest BCUT2D eigenvalue weighted by atomic mass is 35.5. The molecule has 10 rings (SSSR count). The zero-order valence-electron chi connectivity index (χ0n) is 22.2. The van der Waals surface area contributed by atoms with E-state index in [4.69, 9.17) is 21.6 Å². The normalized spacial score (nSPS) is 13.5. The van der Waals surface area contributed by atoms with Crippen molar-refractivity contribution < 1.29 is 0 Å². The maximum absolute atomic E-state index is 6.69. The lowest BCUT2D eigenvalue weighted by Crippen LogP contribution is -2.02. The van der Waals surface area contributed by atoms with Crippen LogP contribution in [0.1, 0.15) is 16.9 Å². The number of aromatic nitrogens is 3. The molecule has 0 atom stereocenters. The molecule has 0 amide bonds. The number of allylic oxidation sites excluding steroid dienone is 1. The van der Waals surface area contributed by atoms with Crippen molar-refractivity contribution in [1.82, 2.24) is 14.5 Å². The molecule has 0 radical (unpaired) electrons. The van der Waals surface area contributed by atoms with Crippen LogP contribution in [-0.4, -0.2) is 14.5 Å². The maximum atomic E-state index is 6.69. The summed E-state index contributed by atoms with van der Waals surface area (Å²) in [5.41, 5.74) is 3.63. The van der Waals surface area contributed by atoms with E-state index in [9.17, 15) is 0 Å². The second-order valence-electron chi connectivity index (χ2n) is 11.0. The molecule has 0 aliphatic heterocycles. The predicted molar refractivity (Wildman–Crippen MR) is 182 cm³/mol. The van der Waals surface area contributed by atoms with Crippen LogP contribution in [-0.2, 0) is 6.42 Å². The Morgan fingerprint density at radius 3 is 2.36 bits per heavy atom. The molecular weight excluding hydrogens is 574 g/mol. The molecule has 0 saturated carbocycles. The van der Waals surface area contributed by atoms with Gasteiger partial charge in [0.15, 0.2) is 5.82 Å². The number of hydrogen-bond donors (Lipinski definition) is 0. The Morgan fingerprint density at radius 2 is 1.45 bits per heavy atom. The Hall–Kier alpha value is -4.29. The van der Waals surface area contributed by atoms with E-state index in [1.54, 1.807) is 11.3 Å². The van der Waals surface area contributed by atoms with Crippen molar-refractivity contribution in [2.24, 2.45) is 0 Å². The van der Waals surface area contributed by atoms with Gasteiger partial charge < -0.3 is 0 Å². The Kier molecular flexibility index (Phi) is 4.65. The van der Waals surface area contributed by atoms with Gasteiger partial charge in [-0.2, -0.15) is 4.98 Å². The number of rotatable bonds is 1. The SMILES string of the molecule is Clc1nc(-n2c3ccccc3c3c4c5ccc6ccccc6c5sc4c4ccccc4c32)c2c3c(sc2n1)C=CCC3. The third-order valence-electron chi connectivity index (χ3n) is 8.81. The fourth-order valence-corrected chi connectivity index (χ4v) is 9.86. The van der Waals surface area contributed by atoms with Crippen LogP contribution in [0.4, 0.5) is 0 Å². The Balaban J connectivity index is 1.50. The lowest BCUT2D eigenvalue weighted by molar-refractivity contribution is 0.996. The Bertz CT molecular complexity index is 2660. The first kappa shape index (κ1) is 23.3. The Morgan fingerprint density at radius 1 is 0.667 bits per heavy atom. The third kappa shape index (κ3) is 2.95. The lowest BCUT2D eigenvalue weighted by atomic mass is 9.98. The van der Waals surface area contributed by atoms with Gasteiger partial charge in [-0.25, -0.2) is 4.98 Å². The monoisotopic (exact) mass is 593 g/mol. The van der Waals surface area contributed by atoms with E-state index in [-0.39, 0.29) is 5.28 Å². The molecule has 4 heterocycles. The summed E-state index contributed by atoms with van der Waals surface area (Å²) in [6, 6.07) is 30.9. The topological polar surface area (TPSA) is 30.7 Å². The van der Waals surface area contributed by atoms with Gasteiger partial charge in [0.2, 0.25) is 5.28 Å². The van der Waals surface area contributed by atoms with E-state index in [1.165, 1.54) is 68.4 Å². The predicted octanol–water partition coefficient (Wildman–Crippen LogP) is 11.1. The minimum Gasteiger partial charge on any atom is -0.292 e. The van der Waals surface area contributed by atoms with E-state index >= 15 is 0 Å². The van der Waals surface area contributed by atoms with Gasteiger partial charge >= 0.3 is 0 Å². The number of halogens is 1. The van der Waals surface area contributed by atoms with Gasteiger partial charge in [-0.1, -0.05) is 84.9 Å². The van der Waals surface area contributed by atoms with Crippen LogP contribution in [0.2, 0.25) is 5.28 Å². The minimum absolute atomic E-state index is 0.281. The molecule has 0 fully saturated rings. The minimum atomic E-state index is 0.281. The second kappa shape index (κ2) is 8.39. The van der Waals surface area contributed by atoms with Crippen molar-refractivity contribution in [3.63, 3.8) is 0 Å². The second-order valence-corrected chi connectivity index (χ2v) is 13.4. The summed E-state index contributed by atoms with van der Waals surface area (Å²) in [5.74, 6) is 0.874. The molecule has 4 aromatic heterocycles. The fraction of sp³-hybridized carbons (Fsp3) is 0.0556. The zero-order chi connectivity index (χ0) is 27.5. The number of hydrogen-bond acceptors (Lipinski definition) is 4. The zero-order valence-corrected chi connectivity index (χ0v) is 24.6.